The van der Waals surface area contributed by atoms with Crippen LogP contribution in [0.15, 0.2) is 24.3 Å². The number of hydrogen-bond acceptors (Lipinski definition) is 5. The molecule has 1 aliphatic rings. The SMILES string of the molecule is O=C(CNc1ccccc1[N+](=O)[O-])NCC1CCCN1. The van der Waals surface area contributed by atoms with Crippen LogP contribution in [0, 0.1) is 10.1 Å². The molecule has 1 aromatic rings. The monoisotopic (exact) mass is 278 g/mol. The van der Waals surface area contributed by atoms with Gasteiger partial charge in [-0.15, -0.1) is 0 Å². The molecule has 1 atom stereocenters. The molecule has 0 bridgehead atoms. The summed E-state index contributed by atoms with van der Waals surface area (Å²) in [7, 11) is 0. The number of para-hydroxylation sites is 2. The Morgan fingerprint density at radius 1 is 1.45 bits per heavy atom. The highest BCUT2D eigenvalue weighted by atomic mass is 16.6. The molecule has 2 rings (SSSR count). The minimum Gasteiger partial charge on any atom is -0.371 e. The predicted molar refractivity (Wildman–Crippen MR) is 75.6 cm³/mol. The summed E-state index contributed by atoms with van der Waals surface area (Å²) in [6, 6.07) is 6.61. The summed E-state index contributed by atoms with van der Waals surface area (Å²) in [5.74, 6) is -0.170. The van der Waals surface area contributed by atoms with Crippen LogP contribution >= 0.6 is 0 Å². The molecule has 20 heavy (non-hydrogen) atoms. The van der Waals surface area contributed by atoms with E-state index >= 15 is 0 Å². The van der Waals surface area contributed by atoms with Gasteiger partial charge in [0.1, 0.15) is 5.69 Å². The Morgan fingerprint density at radius 3 is 2.95 bits per heavy atom. The minimum atomic E-state index is -0.470. The number of carbonyl (C=O) groups is 1. The van der Waals surface area contributed by atoms with Crippen molar-refractivity contribution in [2.24, 2.45) is 0 Å². The van der Waals surface area contributed by atoms with E-state index in [1.165, 1.54) is 6.07 Å². The number of carbonyl (C=O) groups excluding carboxylic acids is 1. The maximum atomic E-state index is 11.7. The van der Waals surface area contributed by atoms with Crippen molar-refractivity contribution in [3.63, 3.8) is 0 Å². The molecule has 0 saturated carbocycles. The van der Waals surface area contributed by atoms with Crippen molar-refractivity contribution in [3.8, 4) is 0 Å². The van der Waals surface area contributed by atoms with Crippen LogP contribution in [0.25, 0.3) is 0 Å². The second-order valence-electron chi connectivity index (χ2n) is 4.73. The zero-order chi connectivity index (χ0) is 14.4. The summed E-state index contributed by atoms with van der Waals surface area (Å²) in [4.78, 5) is 22.0. The average Bonchev–Trinajstić information content (AvgIpc) is 2.96. The van der Waals surface area contributed by atoms with Crippen molar-refractivity contribution in [2.45, 2.75) is 18.9 Å². The number of anilines is 1. The predicted octanol–water partition coefficient (Wildman–Crippen LogP) is 0.875. The molecule has 1 fully saturated rings. The zero-order valence-corrected chi connectivity index (χ0v) is 11.1. The van der Waals surface area contributed by atoms with Crippen LogP contribution in [0.5, 0.6) is 0 Å². The van der Waals surface area contributed by atoms with Gasteiger partial charge in [0.15, 0.2) is 0 Å². The van der Waals surface area contributed by atoms with Crippen LogP contribution in [-0.4, -0.2) is 36.5 Å². The van der Waals surface area contributed by atoms with Crippen LogP contribution in [-0.2, 0) is 4.79 Å². The van der Waals surface area contributed by atoms with E-state index < -0.39 is 4.92 Å². The van der Waals surface area contributed by atoms with E-state index in [9.17, 15) is 14.9 Å². The summed E-state index contributed by atoms with van der Waals surface area (Å²) in [6.07, 6.45) is 2.20. The molecular weight excluding hydrogens is 260 g/mol. The smallest absolute Gasteiger partial charge is 0.292 e. The van der Waals surface area contributed by atoms with Gasteiger partial charge >= 0.3 is 0 Å². The van der Waals surface area contributed by atoms with Crippen LogP contribution in [0.2, 0.25) is 0 Å². The molecule has 108 valence electrons. The van der Waals surface area contributed by atoms with Crippen LogP contribution in [0.3, 0.4) is 0 Å². The molecule has 1 heterocycles. The van der Waals surface area contributed by atoms with Gasteiger partial charge in [-0.1, -0.05) is 12.1 Å². The molecule has 7 heteroatoms. The lowest BCUT2D eigenvalue weighted by molar-refractivity contribution is -0.383. The summed E-state index contributed by atoms with van der Waals surface area (Å²) in [5.41, 5.74) is 0.324. The van der Waals surface area contributed by atoms with Crippen molar-refractivity contribution in [2.75, 3.05) is 25.0 Å². The molecule has 1 unspecified atom stereocenters. The van der Waals surface area contributed by atoms with E-state index in [1.807, 2.05) is 0 Å². The summed E-state index contributed by atoms with van der Waals surface area (Å²) >= 11 is 0. The Kier molecular flexibility index (Phi) is 4.89. The second-order valence-corrected chi connectivity index (χ2v) is 4.73. The Balaban J connectivity index is 1.79. The first-order chi connectivity index (χ1) is 9.66. The highest BCUT2D eigenvalue weighted by Gasteiger charge is 2.15. The van der Waals surface area contributed by atoms with E-state index in [4.69, 9.17) is 0 Å². The normalized spacial score (nSPS) is 17.7. The number of nitrogens with one attached hydrogen (secondary N) is 3. The van der Waals surface area contributed by atoms with Crippen LogP contribution < -0.4 is 16.0 Å². The van der Waals surface area contributed by atoms with E-state index in [0.29, 0.717) is 18.3 Å². The van der Waals surface area contributed by atoms with Gasteiger partial charge in [-0.05, 0) is 25.5 Å². The van der Waals surface area contributed by atoms with Crippen molar-refractivity contribution in [1.82, 2.24) is 10.6 Å². The quantitative estimate of drug-likeness (QED) is 0.530. The number of benzene rings is 1. The van der Waals surface area contributed by atoms with Gasteiger partial charge in [0.25, 0.3) is 5.69 Å². The van der Waals surface area contributed by atoms with Crippen molar-refractivity contribution < 1.29 is 9.72 Å². The Bertz CT molecular complexity index is 486. The van der Waals surface area contributed by atoms with Crippen molar-refractivity contribution >= 4 is 17.3 Å². The van der Waals surface area contributed by atoms with E-state index in [2.05, 4.69) is 16.0 Å². The number of nitrogens with zero attached hydrogens (tertiary/aromatic N) is 1. The lowest BCUT2D eigenvalue weighted by atomic mass is 10.2. The third kappa shape index (κ3) is 3.92. The minimum absolute atomic E-state index is 0.0254. The van der Waals surface area contributed by atoms with Gasteiger partial charge in [-0.25, -0.2) is 0 Å². The number of amides is 1. The van der Waals surface area contributed by atoms with Gasteiger partial charge in [0.2, 0.25) is 5.91 Å². The summed E-state index contributed by atoms with van der Waals surface area (Å²) in [5, 5.41) is 19.7. The van der Waals surface area contributed by atoms with Crippen molar-refractivity contribution in [3.05, 3.63) is 34.4 Å². The molecule has 1 amide bonds. The highest BCUT2D eigenvalue weighted by Crippen LogP contribution is 2.22. The maximum Gasteiger partial charge on any atom is 0.292 e. The molecule has 0 radical (unpaired) electrons. The molecule has 0 aliphatic carbocycles. The second kappa shape index (κ2) is 6.85. The van der Waals surface area contributed by atoms with Gasteiger partial charge in [0, 0.05) is 18.7 Å². The molecule has 1 aliphatic heterocycles. The zero-order valence-electron chi connectivity index (χ0n) is 11.1. The van der Waals surface area contributed by atoms with Crippen LogP contribution in [0.4, 0.5) is 11.4 Å². The molecule has 0 spiro atoms. The molecule has 1 saturated heterocycles. The number of hydrogen-bond donors (Lipinski definition) is 3. The molecule has 7 nitrogen and oxygen atoms in total. The molecule has 1 aromatic carbocycles. The third-order valence-corrected chi connectivity index (χ3v) is 3.25. The first-order valence-electron chi connectivity index (χ1n) is 6.64. The lowest BCUT2D eigenvalue weighted by Crippen LogP contribution is -2.39. The molecular formula is C13H18N4O3. The maximum absolute atomic E-state index is 11.7. The third-order valence-electron chi connectivity index (χ3n) is 3.25. The topological polar surface area (TPSA) is 96.3 Å². The largest absolute Gasteiger partial charge is 0.371 e. The van der Waals surface area contributed by atoms with Gasteiger partial charge < -0.3 is 16.0 Å². The standard InChI is InChI=1S/C13H18N4O3/c18-13(16-8-10-4-3-7-14-10)9-15-11-5-1-2-6-12(11)17(19)20/h1-2,5-6,10,14-15H,3-4,7-9H2,(H,16,18). The van der Waals surface area contributed by atoms with Crippen molar-refractivity contribution in [1.29, 1.82) is 0 Å². The molecule has 3 N–H and O–H groups in total. The number of nitro benzene ring substituents is 1. The Morgan fingerprint density at radius 2 is 2.25 bits per heavy atom. The van der Waals surface area contributed by atoms with Gasteiger partial charge in [0.05, 0.1) is 11.5 Å². The van der Waals surface area contributed by atoms with Gasteiger partial charge in [-0.3, -0.25) is 14.9 Å². The fourth-order valence-electron chi connectivity index (χ4n) is 2.19. The summed E-state index contributed by atoms with van der Waals surface area (Å²) < 4.78 is 0. The number of nitro groups is 1. The first kappa shape index (κ1) is 14.3. The van der Waals surface area contributed by atoms with E-state index in [-0.39, 0.29) is 18.1 Å². The Labute approximate surface area is 116 Å². The Hall–Kier alpha value is -2.15. The van der Waals surface area contributed by atoms with Crippen LogP contribution in [0.1, 0.15) is 12.8 Å². The average molecular weight is 278 g/mol. The van der Waals surface area contributed by atoms with Gasteiger partial charge in [-0.2, -0.15) is 0 Å². The lowest BCUT2D eigenvalue weighted by Gasteiger charge is -2.12. The fourth-order valence-corrected chi connectivity index (χ4v) is 2.19. The fraction of sp³-hybridized carbons (Fsp3) is 0.462. The summed E-state index contributed by atoms with van der Waals surface area (Å²) in [6.45, 7) is 1.62. The highest BCUT2D eigenvalue weighted by molar-refractivity contribution is 5.81. The van der Waals surface area contributed by atoms with E-state index in [1.54, 1.807) is 18.2 Å². The van der Waals surface area contributed by atoms with E-state index in [0.717, 1.165) is 19.4 Å². The number of rotatable bonds is 6. The first-order valence-corrected chi connectivity index (χ1v) is 6.64. The molecule has 0 aromatic heterocycles.